The molecular weight excluding hydrogens is 627 g/mol. The molecule has 0 bridgehead atoms. The fourth-order valence-corrected chi connectivity index (χ4v) is 4.80. The monoisotopic (exact) mass is 685 g/mol. The van der Waals surface area contributed by atoms with Crippen molar-refractivity contribution in [2.75, 3.05) is 38.7 Å². The highest BCUT2D eigenvalue weighted by Crippen LogP contribution is 2.38. The summed E-state index contributed by atoms with van der Waals surface area (Å²) in [6.07, 6.45) is 2.48. The van der Waals surface area contributed by atoms with Gasteiger partial charge in [-0.3, -0.25) is 9.78 Å². The first kappa shape index (κ1) is 46.2. The molecule has 11 heteroatoms. The minimum Gasteiger partial charge on any atom is -0.379 e. The zero-order valence-electron chi connectivity index (χ0n) is 30.6. The molecule has 2 heterocycles. The van der Waals surface area contributed by atoms with Crippen LogP contribution >= 0.6 is 11.6 Å². The summed E-state index contributed by atoms with van der Waals surface area (Å²) in [6, 6.07) is 5.96. The fraction of sp³-hybridized carbons (Fsp3) is 0.639. The van der Waals surface area contributed by atoms with Crippen LogP contribution in [0.5, 0.6) is 0 Å². The molecule has 1 saturated heterocycles. The summed E-state index contributed by atoms with van der Waals surface area (Å²) < 4.78 is 44.2. The SMILES string of the molecule is C1COCCN1.CC.CC.CC.CC/C(=C\C(Cl)=C(/C)N(C)/C(C)=C(\C)C(=O)Nc1ccc(C2(C#N)CCCCC2)nc1)C(F)(F)F. The van der Waals surface area contributed by atoms with Gasteiger partial charge in [-0.05, 0) is 58.2 Å². The van der Waals surface area contributed by atoms with Gasteiger partial charge >= 0.3 is 6.18 Å². The number of hydrogen-bond donors (Lipinski definition) is 2. The number of carbonyl (C=O) groups is 1. The Kier molecular flexibility index (Phi) is 24.8. The van der Waals surface area contributed by atoms with Crippen molar-refractivity contribution in [3.63, 3.8) is 0 Å². The number of nitrogens with zero attached hydrogens (tertiary/aromatic N) is 3. The number of pyridine rings is 1. The van der Waals surface area contributed by atoms with E-state index in [4.69, 9.17) is 16.3 Å². The zero-order valence-corrected chi connectivity index (χ0v) is 31.3. The molecule has 1 aliphatic carbocycles. The highest BCUT2D eigenvalue weighted by atomic mass is 35.5. The lowest BCUT2D eigenvalue weighted by atomic mass is 9.73. The lowest BCUT2D eigenvalue weighted by molar-refractivity contribution is -0.113. The van der Waals surface area contributed by atoms with Gasteiger partial charge < -0.3 is 20.3 Å². The van der Waals surface area contributed by atoms with Crippen LogP contribution in [0, 0.1) is 11.3 Å². The number of nitrogens with one attached hydrogen (secondary N) is 2. The van der Waals surface area contributed by atoms with Gasteiger partial charge in [0, 0.05) is 42.7 Å². The fourth-order valence-electron chi connectivity index (χ4n) is 4.54. The molecule has 0 radical (unpaired) electrons. The summed E-state index contributed by atoms with van der Waals surface area (Å²) in [5.41, 5.74) is 1.19. The van der Waals surface area contributed by atoms with Crippen molar-refractivity contribution in [3.05, 3.63) is 57.7 Å². The normalized spacial score (nSPS) is 16.6. The van der Waals surface area contributed by atoms with Gasteiger partial charge in [-0.1, -0.05) is 79.3 Å². The van der Waals surface area contributed by atoms with Crippen molar-refractivity contribution < 1.29 is 22.7 Å². The Morgan fingerprint density at radius 1 is 1.06 bits per heavy atom. The van der Waals surface area contributed by atoms with Crippen molar-refractivity contribution in [2.45, 2.75) is 119 Å². The quantitative estimate of drug-likeness (QED) is 0.219. The first-order valence-corrected chi connectivity index (χ1v) is 17.3. The number of allylic oxidation sites excluding steroid dienone is 5. The molecule has 1 aromatic rings. The number of nitriles is 1. The summed E-state index contributed by atoms with van der Waals surface area (Å²) >= 11 is 6.17. The predicted molar refractivity (Wildman–Crippen MR) is 190 cm³/mol. The number of alkyl halides is 3. The molecule has 268 valence electrons. The molecule has 1 aliphatic heterocycles. The van der Waals surface area contributed by atoms with Crippen LogP contribution in [-0.4, -0.2) is 55.3 Å². The van der Waals surface area contributed by atoms with Gasteiger partial charge in [0.2, 0.25) is 0 Å². The third-order valence-corrected chi connectivity index (χ3v) is 7.94. The lowest BCUT2D eigenvalue weighted by Gasteiger charge is -2.30. The largest absolute Gasteiger partial charge is 0.412 e. The van der Waals surface area contributed by atoms with E-state index in [1.807, 2.05) is 41.5 Å². The summed E-state index contributed by atoms with van der Waals surface area (Å²) in [7, 11) is 1.64. The number of halogens is 4. The van der Waals surface area contributed by atoms with Gasteiger partial charge in [0.15, 0.2) is 0 Å². The average Bonchev–Trinajstić information content (AvgIpc) is 3.12. The highest BCUT2D eigenvalue weighted by molar-refractivity contribution is 6.31. The topological polar surface area (TPSA) is 90.3 Å². The van der Waals surface area contributed by atoms with E-state index in [0.717, 1.165) is 70.2 Å². The van der Waals surface area contributed by atoms with E-state index >= 15 is 0 Å². The maximum absolute atomic E-state index is 13.1. The van der Waals surface area contributed by atoms with Crippen LogP contribution in [0.3, 0.4) is 0 Å². The molecular formula is C36H59ClF3N5O2. The van der Waals surface area contributed by atoms with Gasteiger partial charge in [0.1, 0.15) is 0 Å². The van der Waals surface area contributed by atoms with E-state index in [1.54, 1.807) is 51.0 Å². The summed E-state index contributed by atoms with van der Waals surface area (Å²) in [6.45, 7) is 22.2. The third-order valence-electron chi connectivity index (χ3n) is 7.56. The number of amides is 1. The highest BCUT2D eigenvalue weighted by Gasteiger charge is 2.35. The van der Waals surface area contributed by atoms with Crippen molar-refractivity contribution in [1.29, 1.82) is 5.26 Å². The minimum absolute atomic E-state index is 0.0526. The smallest absolute Gasteiger partial charge is 0.379 e. The molecule has 0 aromatic carbocycles. The van der Waals surface area contributed by atoms with E-state index < -0.39 is 17.2 Å². The van der Waals surface area contributed by atoms with E-state index in [2.05, 4.69) is 21.7 Å². The Morgan fingerprint density at radius 2 is 1.62 bits per heavy atom. The number of hydrogen-bond acceptors (Lipinski definition) is 6. The van der Waals surface area contributed by atoms with E-state index in [1.165, 1.54) is 6.92 Å². The van der Waals surface area contributed by atoms with Crippen LogP contribution < -0.4 is 10.6 Å². The third kappa shape index (κ3) is 15.7. The van der Waals surface area contributed by atoms with Gasteiger partial charge in [-0.25, -0.2) is 0 Å². The molecule has 0 atom stereocenters. The van der Waals surface area contributed by atoms with Gasteiger partial charge in [0.05, 0.1) is 47.3 Å². The van der Waals surface area contributed by atoms with Crippen molar-refractivity contribution >= 4 is 23.2 Å². The first-order valence-electron chi connectivity index (χ1n) is 16.9. The Balaban J connectivity index is 0. The molecule has 1 saturated carbocycles. The van der Waals surface area contributed by atoms with Crippen LogP contribution in [-0.2, 0) is 14.9 Å². The Bertz CT molecular complexity index is 1150. The van der Waals surface area contributed by atoms with Gasteiger partial charge in [0.25, 0.3) is 5.91 Å². The van der Waals surface area contributed by atoms with Crippen LogP contribution in [0.2, 0.25) is 0 Å². The van der Waals surface area contributed by atoms with Gasteiger partial charge in [-0.15, -0.1) is 0 Å². The summed E-state index contributed by atoms with van der Waals surface area (Å²) in [5.74, 6) is -0.374. The van der Waals surface area contributed by atoms with E-state index in [9.17, 15) is 23.2 Å². The Morgan fingerprint density at radius 3 is 2.00 bits per heavy atom. The van der Waals surface area contributed by atoms with Gasteiger partial charge in [-0.2, -0.15) is 18.4 Å². The van der Waals surface area contributed by atoms with Crippen LogP contribution in [0.4, 0.5) is 18.9 Å². The standard InChI is InChI=1S/C26H32ClF3N4O.C4H9NO.3C2H6/c1-6-20(26(28,29)30)14-22(27)19(4)34(5)18(3)17(2)24(35)33-21-10-11-23(32-15-21)25(16-31)12-8-7-9-13-25;1-3-6-4-2-5-1;3*1-2/h10-11,14-15H,6-9,12-13H2,1-5H3,(H,33,35);5H,1-4H2;3*1-2H3/b18-17+,20-14+,22-19-;;;;. The Hall–Kier alpha value is -2.87. The predicted octanol–water partition coefficient (Wildman–Crippen LogP) is 10.0. The molecule has 0 spiro atoms. The molecule has 1 aromatic heterocycles. The van der Waals surface area contributed by atoms with Crippen LogP contribution in [0.1, 0.15) is 113 Å². The maximum Gasteiger partial charge on any atom is 0.412 e. The molecule has 7 nitrogen and oxygen atoms in total. The first-order chi connectivity index (χ1) is 22.4. The van der Waals surface area contributed by atoms with Crippen molar-refractivity contribution in [2.24, 2.45) is 0 Å². The van der Waals surface area contributed by atoms with Crippen molar-refractivity contribution in [1.82, 2.24) is 15.2 Å². The average molecular weight is 686 g/mol. The zero-order chi connectivity index (χ0) is 36.6. The summed E-state index contributed by atoms with van der Waals surface area (Å²) in [4.78, 5) is 18.9. The lowest BCUT2D eigenvalue weighted by Crippen LogP contribution is -2.30. The number of morpholine rings is 1. The number of anilines is 1. The molecule has 2 fully saturated rings. The summed E-state index contributed by atoms with van der Waals surface area (Å²) in [5, 5.41) is 15.6. The number of ether oxygens (including phenoxy) is 1. The second-order valence-electron chi connectivity index (χ2n) is 10.2. The molecule has 3 rings (SSSR count). The number of carbonyl (C=O) groups excluding carboxylic acids is 1. The molecule has 2 N–H and O–H groups in total. The number of aromatic nitrogens is 1. The van der Waals surface area contributed by atoms with Crippen LogP contribution in [0.25, 0.3) is 0 Å². The second-order valence-corrected chi connectivity index (χ2v) is 10.6. The second kappa shape index (κ2) is 25.2. The Labute approximate surface area is 287 Å². The maximum atomic E-state index is 13.1. The van der Waals surface area contributed by atoms with E-state index in [-0.39, 0.29) is 17.4 Å². The molecule has 0 unspecified atom stereocenters. The number of rotatable bonds is 7. The van der Waals surface area contributed by atoms with Crippen molar-refractivity contribution in [3.8, 4) is 6.07 Å². The molecule has 47 heavy (non-hydrogen) atoms. The van der Waals surface area contributed by atoms with Crippen LogP contribution in [0.15, 0.2) is 52.0 Å². The minimum atomic E-state index is -4.46. The molecule has 1 amide bonds. The molecule has 2 aliphatic rings. The van der Waals surface area contributed by atoms with E-state index in [0.29, 0.717) is 22.7 Å².